The van der Waals surface area contributed by atoms with Gasteiger partial charge in [0.1, 0.15) is 22.3 Å². The van der Waals surface area contributed by atoms with Crippen LogP contribution in [0.15, 0.2) is 209 Å². The average molecular weight is 704 g/mol. The van der Waals surface area contributed by atoms with Gasteiger partial charge in [-0.15, -0.1) is 0 Å². The average Bonchev–Trinajstić information content (AvgIpc) is 3.83. The summed E-state index contributed by atoms with van der Waals surface area (Å²) >= 11 is 0. The zero-order chi connectivity index (χ0) is 36.3. The Balaban J connectivity index is 1.09. The van der Waals surface area contributed by atoms with E-state index in [1.54, 1.807) is 0 Å². The molecule has 0 amide bonds. The fourth-order valence-corrected chi connectivity index (χ4v) is 8.20. The van der Waals surface area contributed by atoms with Gasteiger partial charge in [-0.05, 0) is 99.8 Å². The summed E-state index contributed by atoms with van der Waals surface area (Å²) in [5, 5.41) is 6.89. The Kier molecular flexibility index (Phi) is 7.17. The minimum Gasteiger partial charge on any atom is -0.455 e. The second kappa shape index (κ2) is 12.6. The van der Waals surface area contributed by atoms with Crippen LogP contribution in [0.25, 0.3) is 88.0 Å². The zero-order valence-electron chi connectivity index (χ0n) is 29.8. The highest BCUT2D eigenvalue weighted by Crippen LogP contribution is 2.43. The van der Waals surface area contributed by atoms with Crippen molar-refractivity contribution >= 4 is 71.7 Å². The number of rotatable bonds is 6. The molecule has 0 spiro atoms. The van der Waals surface area contributed by atoms with E-state index in [9.17, 15) is 0 Å². The first-order valence-electron chi connectivity index (χ1n) is 18.7. The minimum absolute atomic E-state index is 0.887. The highest BCUT2D eigenvalue weighted by Gasteiger charge is 2.18. The van der Waals surface area contributed by atoms with Crippen LogP contribution in [0.4, 0.5) is 17.1 Å². The first-order valence-corrected chi connectivity index (χ1v) is 18.7. The maximum atomic E-state index is 6.57. The molecule has 0 aliphatic heterocycles. The molecule has 55 heavy (non-hydrogen) atoms. The van der Waals surface area contributed by atoms with Gasteiger partial charge in [0.2, 0.25) is 0 Å². The summed E-state index contributed by atoms with van der Waals surface area (Å²) in [4.78, 5) is 2.32. The molecule has 0 saturated heterocycles. The number of fused-ring (bicyclic) bond motifs is 7. The molecule has 11 aromatic rings. The van der Waals surface area contributed by atoms with Crippen molar-refractivity contribution in [3.8, 4) is 33.4 Å². The van der Waals surface area contributed by atoms with Gasteiger partial charge in [-0.3, -0.25) is 0 Å². The quantitative estimate of drug-likeness (QED) is 0.173. The van der Waals surface area contributed by atoms with Gasteiger partial charge in [-0.25, -0.2) is 0 Å². The van der Waals surface area contributed by atoms with E-state index in [0.717, 1.165) is 94.3 Å². The molecule has 9 aromatic carbocycles. The highest BCUT2D eigenvalue weighted by molar-refractivity contribution is 6.11. The van der Waals surface area contributed by atoms with E-state index < -0.39 is 0 Å². The number of hydrogen-bond acceptors (Lipinski definition) is 3. The van der Waals surface area contributed by atoms with Gasteiger partial charge in [0.05, 0.1) is 0 Å². The number of para-hydroxylation sites is 5. The maximum absolute atomic E-state index is 6.57. The molecular weight excluding hydrogens is 671 g/mol. The summed E-state index contributed by atoms with van der Waals surface area (Å²) in [5.74, 6) is 0. The summed E-state index contributed by atoms with van der Waals surface area (Å²) in [6.45, 7) is 0. The maximum Gasteiger partial charge on any atom is 0.143 e. The lowest BCUT2D eigenvalue weighted by molar-refractivity contribution is 0.670. The van der Waals surface area contributed by atoms with Crippen LogP contribution in [0.2, 0.25) is 0 Å². The first kappa shape index (κ1) is 31.2. The second-order valence-electron chi connectivity index (χ2n) is 14.1. The summed E-state index contributed by atoms with van der Waals surface area (Å²) in [6.07, 6.45) is 0. The monoisotopic (exact) mass is 703 g/mol. The molecule has 0 N–H and O–H groups in total. The Labute approximate surface area is 317 Å². The van der Waals surface area contributed by atoms with Crippen molar-refractivity contribution < 1.29 is 8.83 Å². The summed E-state index contributed by atoms with van der Waals surface area (Å²) < 4.78 is 13.1. The minimum atomic E-state index is 0.887. The lowest BCUT2D eigenvalue weighted by Crippen LogP contribution is -2.09. The third kappa shape index (κ3) is 5.28. The molecule has 258 valence electrons. The molecule has 11 rings (SSSR count). The molecule has 2 aromatic heterocycles. The van der Waals surface area contributed by atoms with E-state index in [1.165, 1.54) is 10.8 Å². The van der Waals surface area contributed by atoms with E-state index in [4.69, 9.17) is 8.83 Å². The highest BCUT2D eigenvalue weighted by atomic mass is 16.3. The lowest BCUT2D eigenvalue weighted by Gasteiger charge is -2.26. The van der Waals surface area contributed by atoms with Gasteiger partial charge in [-0.2, -0.15) is 0 Å². The van der Waals surface area contributed by atoms with Crippen molar-refractivity contribution in [2.45, 2.75) is 0 Å². The molecule has 3 heteroatoms. The van der Waals surface area contributed by atoms with Crippen LogP contribution in [0.3, 0.4) is 0 Å². The lowest BCUT2D eigenvalue weighted by atomic mass is 9.92. The van der Waals surface area contributed by atoms with E-state index in [0.29, 0.717) is 0 Å². The third-order valence-corrected chi connectivity index (χ3v) is 10.8. The van der Waals surface area contributed by atoms with Crippen LogP contribution in [0.1, 0.15) is 0 Å². The Morgan fingerprint density at radius 3 is 1.42 bits per heavy atom. The fourth-order valence-electron chi connectivity index (χ4n) is 8.20. The SMILES string of the molecule is c1ccc(N(c2ccc(-c3cc(-c4cccc5c4oc4ccccc45)cc(-c4cccc5c4oc4ccccc45)c3)cc2)c2ccc3ccccc3c2)cc1. The van der Waals surface area contributed by atoms with Crippen molar-refractivity contribution in [2.75, 3.05) is 4.90 Å². The fraction of sp³-hybridized carbons (Fsp3) is 0. The van der Waals surface area contributed by atoms with Crippen molar-refractivity contribution in [2.24, 2.45) is 0 Å². The summed E-state index contributed by atoms with van der Waals surface area (Å²) in [5.41, 5.74) is 13.3. The molecule has 0 atom stereocenters. The zero-order valence-corrected chi connectivity index (χ0v) is 29.8. The molecule has 0 aliphatic carbocycles. The predicted molar refractivity (Wildman–Crippen MR) is 229 cm³/mol. The number of hydrogen-bond donors (Lipinski definition) is 0. The van der Waals surface area contributed by atoms with Crippen LogP contribution in [-0.2, 0) is 0 Å². The van der Waals surface area contributed by atoms with Gasteiger partial charge in [0.15, 0.2) is 0 Å². The van der Waals surface area contributed by atoms with E-state index in [1.807, 2.05) is 24.3 Å². The van der Waals surface area contributed by atoms with Gasteiger partial charge in [0.25, 0.3) is 0 Å². The van der Waals surface area contributed by atoms with Gasteiger partial charge in [0, 0.05) is 49.7 Å². The number of benzene rings is 9. The van der Waals surface area contributed by atoms with Gasteiger partial charge in [-0.1, -0.05) is 133 Å². The van der Waals surface area contributed by atoms with Crippen LogP contribution < -0.4 is 4.90 Å². The normalized spacial score (nSPS) is 11.6. The smallest absolute Gasteiger partial charge is 0.143 e. The third-order valence-electron chi connectivity index (χ3n) is 10.8. The molecule has 0 bridgehead atoms. The van der Waals surface area contributed by atoms with Gasteiger partial charge < -0.3 is 13.7 Å². The van der Waals surface area contributed by atoms with Crippen molar-refractivity contribution in [1.82, 2.24) is 0 Å². The van der Waals surface area contributed by atoms with E-state index in [-0.39, 0.29) is 0 Å². The molecule has 3 nitrogen and oxygen atoms in total. The molecule has 2 heterocycles. The molecule has 0 aliphatic rings. The van der Waals surface area contributed by atoms with Crippen LogP contribution in [0, 0.1) is 0 Å². The summed E-state index contributed by atoms with van der Waals surface area (Å²) in [6, 6.07) is 71.0. The van der Waals surface area contributed by atoms with Crippen LogP contribution >= 0.6 is 0 Å². The van der Waals surface area contributed by atoms with Gasteiger partial charge >= 0.3 is 0 Å². The summed E-state index contributed by atoms with van der Waals surface area (Å²) in [7, 11) is 0. The predicted octanol–water partition coefficient (Wildman–Crippen LogP) is 15.1. The van der Waals surface area contributed by atoms with E-state index >= 15 is 0 Å². The largest absolute Gasteiger partial charge is 0.455 e. The van der Waals surface area contributed by atoms with E-state index in [2.05, 4.69) is 181 Å². The molecular formula is C52H33NO2. The molecule has 0 fully saturated rings. The van der Waals surface area contributed by atoms with Crippen molar-refractivity contribution in [3.63, 3.8) is 0 Å². The van der Waals surface area contributed by atoms with Crippen LogP contribution in [0.5, 0.6) is 0 Å². The Hall–Kier alpha value is -7.36. The second-order valence-corrected chi connectivity index (χ2v) is 14.1. The Bertz CT molecular complexity index is 3080. The standard InChI is InChI=1S/C52H33NO2/c1-2-14-40(15-3-1)53(42-29-26-34-12-4-5-13-36(34)33-42)41-27-24-35(25-28-41)37-30-38(43-18-10-20-47-45-16-6-8-22-49(45)54-51(43)47)32-39(31-37)44-19-11-21-48-46-17-7-9-23-50(46)55-52(44)48/h1-33H. The Morgan fingerprint density at radius 2 is 0.782 bits per heavy atom. The first-order chi connectivity index (χ1) is 27.2. The molecule has 0 saturated carbocycles. The molecule has 0 radical (unpaired) electrons. The molecule has 0 unspecified atom stereocenters. The number of anilines is 3. The van der Waals surface area contributed by atoms with Crippen LogP contribution in [-0.4, -0.2) is 0 Å². The topological polar surface area (TPSA) is 29.5 Å². The number of furan rings is 2. The number of nitrogens with zero attached hydrogens (tertiary/aromatic N) is 1. The van der Waals surface area contributed by atoms with Crippen molar-refractivity contribution in [1.29, 1.82) is 0 Å². The Morgan fingerprint density at radius 1 is 0.291 bits per heavy atom. The van der Waals surface area contributed by atoms with Crippen molar-refractivity contribution in [3.05, 3.63) is 200 Å².